The Morgan fingerprint density at radius 1 is 1.41 bits per heavy atom. The smallest absolute Gasteiger partial charge is 0.0623 e. The predicted molar refractivity (Wildman–Crippen MR) is 74.1 cm³/mol. The molecule has 2 N–H and O–H groups in total. The largest absolute Gasteiger partial charge is 0.379 e. The minimum atomic E-state index is 0.00132. The van der Waals surface area contributed by atoms with E-state index in [4.69, 9.17) is 10.5 Å². The molecule has 0 aliphatic heterocycles. The Balaban J connectivity index is 2.56. The summed E-state index contributed by atoms with van der Waals surface area (Å²) in [6.45, 7) is 7.52. The molecule has 2 nitrogen and oxygen atoms in total. The molecule has 1 fully saturated rings. The molecule has 0 aromatic rings. The number of hydrogen-bond acceptors (Lipinski definition) is 2. The Morgan fingerprint density at radius 3 is 2.65 bits per heavy atom. The maximum absolute atomic E-state index is 6.09. The van der Waals surface area contributed by atoms with E-state index in [-0.39, 0.29) is 5.60 Å². The second-order valence-corrected chi connectivity index (χ2v) is 6.54. The summed E-state index contributed by atoms with van der Waals surface area (Å²) in [6.07, 6.45) is 9.09. The van der Waals surface area contributed by atoms with Gasteiger partial charge in [-0.2, -0.15) is 0 Å². The number of hydrogen-bond donors (Lipinski definition) is 1. The average molecular weight is 241 g/mol. The third-order valence-electron chi connectivity index (χ3n) is 4.86. The minimum absolute atomic E-state index is 0.00132. The first kappa shape index (κ1) is 15.0. The third-order valence-corrected chi connectivity index (χ3v) is 4.86. The Kier molecular flexibility index (Phi) is 5.46. The molecule has 2 unspecified atom stereocenters. The molecular weight excluding hydrogens is 210 g/mol. The third kappa shape index (κ3) is 4.26. The molecule has 0 saturated heterocycles. The summed E-state index contributed by atoms with van der Waals surface area (Å²) >= 11 is 0. The van der Waals surface area contributed by atoms with E-state index < -0.39 is 0 Å². The van der Waals surface area contributed by atoms with Crippen LogP contribution >= 0.6 is 0 Å². The van der Waals surface area contributed by atoms with Gasteiger partial charge in [-0.15, -0.1) is 0 Å². The Labute approximate surface area is 107 Å². The van der Waals surface area contributed by atoms with E-state index >= 15 is 0 Å². The first-order chi connectivity index (χ1) is 7.97. The van der Waals surface area contributed by atoms with Crippen LogP contribution in [0.3, 0.4) is 0 Å². The van der Waals surface area contributed by atoms with Crippen molar-refractivity contribution >= 4 is 0 Å². The van der Waals surface area contributed by atoms with Crippen molar-refractivity contribution in [3.05, 3.63) is 0 Å². The standard InChI is InChI=1S/C15H31NO/c1-5-13-7-6-8-15(11-13,12-16)10-9-14(2,3)17-4/h13H,5-12,16H2,1-4H3. The highest BCUT2D eigenvalue weighted by atomic mass is 16.5. The lowest BCUT2D eigenvalue weighted by atomic mass is 9.66. The van der Waals surface area contributed by atoms with Crippen molar-refractivity contribution in [3.8, 4) is 0 Å². The van der Waals surface area contributed by atoms with Crippen LogP contribution < -0.4 is 5.73 Å². The summed E-state index contributed by atoms with van der Waals surface area (Å²) < 4.78 is 5.53. The molecular formula is C15H31NO. The van der Waals surface area contributed by atoms with Crippen LogP contribution in [-0.2, 0) is 4.74 Å². The second kappa shape index (κ2) is 6.19. The van der Waals surface area contributed by atoms with E-state index in [0.29, 0.717) is 5.41 Å². The first-order valence-electron chi connectivity index (χ1n) is 7.22. The molecule has 0 heterocycles. The number of rotatable bonds is 6. The van der Waals surface area contributed by atoms with Crippen molar-refractivity contribution in [2.24, 2.45) is 17.1 Å². The molecule has 0 bridgehead atoms. The van der Waals surface area contributed by atoms with Gasteiger partial charge in [0.15, 0.2) is 0 Å². The monoisotopic (exact) mass is 241 g/mol. The van der Waals surface area contributed by atoms with E-state index in [1.807, 2.05) is 7.11 Å². The Bertz CT molecular complexity index is 227. The van der Waals surface area contributed by atoms with Gasteiger partial charge >= 0.3 is 0 Å². The first-order valence-corrected chi connectivity index (χ1v) is 7.22. The lowest BCUT2D eigenvalue weighted by Gasteiger charge is -2.42. The molecule has 0 aromatic carbocycles. The van der Waals surface area contributed by atoms with Crippen molar-refractivity contribution in [1.29, 1.82) is 0 Å². The molecule has 1 aliphatic carbocycles. The Morgan fingerprint density at radius 2 is 2.12 bits per heavy atom. The molecule has 1 rings (SSSR count). The quantitative estimate of drug-likeness (QED) is 0.769. The Hall–Kier alpha value is -0.0800. The van der Waals surface area contributed by atoms with Gasteiger partial charge in [0.2, 0.25) is 0 Å². The summed E-state index contributed by atoms with van der Waals surface area (Å²) in [7, 11) is 1.81. The fourth-order valence-corrected chi connectivity index (χ4v) is 3.11. The van der Waals surface area contributed by atoms with Crippen molar-refractivity contribution in [1.82, 2.24) is 0 Å². The minimum Gasteiger partial charge on any atom is -0.379 e. The summed E-state index contributed by atoms with van der Waals surface area (Å²) in [6, 6.07) is 0. The van der Waals surface area contributed by atoms with Crippen LogP contribution in [0.15, 0.2) is 0 Å². The van der Waals surface area contributed by atoms with Gasteiger partial charge in [-0.3, -0.25) is 0 Å². The molecule has 102 valence electrons. The molecule has 0 amide bonds. The zero-order valence-corrected chi connectivity index (χ0v) is 12.2. The van der Waals surface area contributed by atoms with Crippen LogP contribution in [0.2, 0.25) is 0 Å². The van der Waals surface area contributed by atoms with Crippen LogP contribution in [0.5, 0.6) is 0 Å². The highest BCUT2D eigenvalue weighted by molar-refractivity contribution is 4.88. The van der Waals surface area contributed by atoms with Crippen LogP contribution in [-0.4, -0.2) is 19.3 Å². The highest BCUT2D eigenvalue weighted by Crippen LogP contribution is 2.44. The summed E-state index contributed by atoms with van der Waals surface area (Å²) in [5.74, 6) is 0.901. The summed E-state index contributed by atoms with van der Waals surface area (Å²) in [4.78, 5) is 0. The summed E-state index contributed by atoms with van der Waals surface area (Å²) in [5, 5.41) is 0. The maximum Gasteiger partial charge on any atom is 0.0623 e. The SMILES string of the molecule is CCC1CCCC(CN)(CCC(C)(C)OC)C1. The zero-order valence-electron chi connectivity index (χ0n) is 12.2. The van der Waals surface area contributed by atoms with Crippen molar-refractivity contribution < 1.29 is 4.74 Å². The van der Waals surface area contributed by atoms with Crippen molar-refractivity contribution in [2.45, 2.75) is 71.3 Å². The van der Waals surface area contributed by atoms with E-state index in [1.54, 1.807) is 0 Å². The molecule has 0 radical (unpaired) electrons. The zero-order chi connectivity index (χ0) is 12.9. The second-order valence-electron chi connectivity index (χ2n) is 6.54. The fraction of sp³-hybridized carbons (Fsp3) is 1.00. The number of ether oxygens (including phenoxy) is 1. The van der Waals surface area contributed by atoms with E-state index in [9.17, 15) is 0 Å². The predicted octanol–water partition coefficient (Wildman–Crippen LogP) is 3.74. The highest BCUT2D eigenvalue weighted by Gasteiger charge is 2.35. The van der Waals surface area contributed by atoms with Crippen LogP contribution in [0.1, 0.15) is 65.7 Å². The topological polar surface area (TPSA) is 35.2 Å². The van der Waals surface area contributed by atoms with Gasteiger partial charge in [0.05, 0.1) is 5.60 Å². The molecule has 0 aromatic heterocycles. The molecule has 0 spiro atoms. The van der Waals surface area contributed by atoms with Crippen LogP contribution in [0.25, 0.3) is 0 Å². The lowest BCUT2D eigenvalue weighted by Crippen LogP contribution is -2.38. The molecule has 2 heteroatoms. The van der Waals surface area contributed by atoms with E-state index in [1.165, 1.54) is 38.5 Å². The van der Waals surface area contributed by atoms with Gasteiger partial charge < -0.3 is 10.5 Å². The van der Waals surface area contributed by atoms with Gasteiger partial charge in [0, 0.05) is 7.11 Å². The molecule has 1 aliphatic rings. The van der Waals surface area contributed by atoms with Crippen molar-refractivity contribution in [2.75, 3.05) is 13.7 Å². The van der Waals surface area contributed by atoms with E-state index in [0.717, 1.165) is 18.9 Å². The average Bonchev–Trinajstić information content (AvgIpc) is 2.37. The van der Waals surface area contributed by atoms with Gasteiger partial charge in [-0.25, -0.2) is 0 Å². The maximum atomic E-state index is 6.09. The summed E-state index contributed by atoms with van der Waals surface area (Å²) in [5.41, 5.74) is 6.48. The normalized spacial score (nSPS) is 30.5. The molecule has 2 atom stereocenters. The van der Waals surface area contributed by atoms with Gasteiger partial charge in [0.25, 0.3) is 0 Å². The fourth-order valence-electron chi connectivity index (χ4n) is 3.11. The molecule has 1 saturated carbocycles. The number of methoxy groups -OCH3 is 1. The number of nitrogens with two attached hydrogens (primary N) is 1. The lowest BCUT2D eigenvalue weighted by molar-refractivity contribution is -0.00298. The van der Waals surface area contributed by atoms with Gasteiger partial charge in [0.1, 0.15) is 0 Å². The molecule has 17 heavy (non-hydrogen) atoms. The van der Waals surface area contributed by atoms with Gasteiger partial charge in [-0.1, -0.05) is 26.2 Å². The van der Waals surface area contributed by atoms with Crippen LogP contribution in [0, 0.1) is 11.3 Å². The van der Waals surface area contributed by atoms with Gasteiger partial charge in [-0.05, 0) is 57.4 Å². The van der Waals surface area contributed by atoms with Crippen LogP contribution in [0.4, 0.5) is 0 Å². The van der Waals surface area contributed by atoms with Crippen molar-refractivity contribution in [3.63, 3.8) is 0 Å². The van der Waals surface area contributed by atoms with E-state index in [2.05, 4.69) is 20.8 Å².